The largest absolute Gasteiger partial charge is 0.423 e. The summed E-state index contributed by atoms with van der Waals surface area (Å²) in [6, 6.07) is 11.1. The van der Waals surface area contributed by atoms with Crippen molar-refractivity contribution in [3.8, 4) is 5.75 Å². The van der Waals surface area contributed by atoms with Crippen LogP contribution < -0.4 is 9.64 Å². The Morgan fingerprint density at radius 2 is 1.90 bits per heavy atom. The summed E-state index contributed by atoms with van der Waals surface area (Å²) < 4.78 is 7.63. The van der Waals surface area contributed by atoms with Gasteiger partial charge in [0, 0.05) is 32.2 Å². The molecule has 0 atom stereocenters. The molecule has 2 aromatic carbocycles. The van der Waals surface area contributed by atoms with Gasteiger partial charge in [-0.3, -0.25) is 0 Å². The fourth-order valence-corrected chi connectivity index (χ4v) is 5.26. The molecule has 4 aromatic rings. The standard InChI is InChI=1S/C21H20N4O2S2/c1-2-24-7-9-25(10-8-24)21-23-17-6-4-15(12-19(17)29-21)27-20(26)14-3-5-16-18(11-14)28-13-22-16/h3-6,11-13H,2,7-10H2,1H3. The van der Waals surface area contributed by atoms with E-state index in [1.165, 1.54) is 11.3 Å². The summed E-state index contributed by atoms with van der Waals surface area (Å²) in [5.41, 5.74) is 4.14. The van der Waals surface area contributed by atoms with Crippen LogP contribution >= 0.6 is 22.7 Å². The predicted molar refractivity (Wildman–Crippen MR) is 119 cm³/mol. The SMILES string of the molecule is CCN1CCN(c2nc3ccc(OC(=O)c4ccc5ncsc5c4)cc3s2)CC1. The zero-order valence-electron chi connectivity index (χ0n) is 16.0. The van der Waals surface area contributed by atoms with Gasteiger partial charge in [-0.05, 0) is 36.9 Å². The number of carbonyl (C=O) groups is 1. The number of nitrogens with zero attached hydrogens (tertiary/aromatic N) is 4. The monoisotopic (exact) mass is 424 g/mol. The molecule has 0 radical (unpaired) electrons. The van der Waals surface area contributed by atoms with E-state index in [0.717, 1.165) is 58.3 Å². The lowest BCUT2D eigenvalue weighted by molar-refractivity contribution is 0.0735. The first-order valence-electron chi connectivity index (χ1n) is 9.63. The van der Waals surface area contributed by atoms with E-state index in [2.05, 4.69) is 21.7 Å². The van der Waals surface area contributed by atoms with Gasteiger partial charge < -0.3 is 14.5 Å². The lowest BCUT2D eigenvalue weighted by atomic mass is 10.2. The van der Waals surface area contributed by atoms with Crippen LogP contribution in [0.5, 0.6) is 5.75 Å². The van der Waals surface area contributed by atoms with Crippen molar-refractivity contribution in [2.45, 2.75) is 6.92 Å². The minimum atomic E-state index is -0.361. The maximum absolute atomic E-state index is 12.6. The topological polar surface area (TPSA) is 58.6 Å². The maximum Gasteiger partial charge on any atom is 0.343 e. The lowest BCUT2D eigenvalue weighted by Gasteiger charge is -2.33. The summed E-state index contributed by atoms with van der Waals surface area (Å²) in [5.74, 6) is 0.179. The molecule has 1 aliphatic heterocycles. The summed E-state index contributed by atoms with van der Waals surface area (Å²) in [6.45, 7) is 7.42. The third-order valence-corrected chi connectivity index (χ3v) is 7.09. The molecular formula is C21H20N4O2S2. The van der Waals surface area contributed by atoms with E-state index < -0.39 is 0 Å². The van der Waals surface area contributed by atoms with E-state index in [1.54, 1.807) is 22.9 Å². The van der Waals surface area contributed by atoms with E-state index in [0.29, 0.717) is 11.3 Å². The number of hydrogen-bond donors (Lipinski definition) is 0. The molecule has 0 spiro atoms. The van der Waals surface area contributed by atoms with Crippen molar-refractivity contribution >= 4 is 54.2 Å². The summed E-state index contributed by atoms with van der Waals surface area (Å²) in [5, 5.41) is 1.04. The lowest BCUT2D eigenvalue weighted by Crippen LogP contribution is -2.46. The Bertz CT molecular complexity index is 1180. The molecular weight excluding hydrogens is 404 g/mol. The Morgan fingerprint density at radius 3 is 2.72 bits per heavy atom. The number of likely N-dealkylation sites (N-methyl/N-ethyl adjacent to an activating group) is 1. The van der Waals surface area contributed by atoms with Crippen LogP contribution in [0.3, 0.4) is 0 Å². The van der Waals surface area contributed by atoms with Crippen molar-refractivity contribution in [3.05, 3.63) is 47.5 Å². The zero-order chi connectivity index (χ0) is 19.8. The van der Waals surface area contributed by atoms with Gasteiger partial charge >= 0.3 is 5.97 Å². The fraction of sp³-hybridized carbons (Fsp3) is 0.286. The molecule has 0 N–H and O–H groups in total. The first kappa shape index (κ1) is 18.5. The molecule has 0 aliphatic carbocycles. The fourth-order valence-electron chi connectivity index (χ4n) is 3.49. The highest BCUT2D eigenvalue weighted by molar-refractivity contribution is 7.22. The molecule has 6 nitrogen and oxygen atoms in total. The minimum absolute atomic E-state index is 0.361. The van der Waals surface area contributed by atoms with Crippen LogP contribution in [-0.2, 0) is 0 Å². The van der Waals surface area contributed by atoms with Crippen molar-refractivity contribution in [3.63, 3.8) is 0 Å². The number of thiazole rings is 2. The van der Waals surface area contributed by atoms with E-state index in [1.807, 2.05) is 30.3 Å². The number of fused-ring (bicyclic) bond motifs is 2. The Morgan fingerprint density at radius 1 is 1.07 bits per heavy atom. The number of rotatable bonds is 4. The number of piperazine rings is 1. The number of anilines is 1. The molecule has 1 fully saturated rings. The second-order valence-corrected chi connectivity index (χ2v) is 8.87. The summed E-state index contributed by atoms with van der Waals surface area (Å²) in [6.07, 6.45) is 0. The Kier molecular flexibility index (Phi) is 4.91. The van der Waals surface area contributed by atoms with Crippen molar-refractivity contribution in [2.75, 3.05) is 37.6 Å². The third kappa shape index (κ3) is 3.71. The summed E-state index contributed by atoms with van der Waals surface area (Å²) in [4.78, 5) is 26.4. The van der Waals surface area contributed by atoms with Crippen LogP contribution in [0.15, 0.2) is 41.9 Å². The second kappa shape index (κ2) is 7.70. The molecule has 8 heteroatoms. The number of ether oxygens (including phenoxy) is 1. The second-order valence-electron chi connectivity index (χ2n) is 6.97. The van der Waals surface area contributed by atoms with Gasteiger partial charge in [-0.25, -0.2) is 14.8 Å². The number of benzene rings is 2. The molecule has 2 aromatic heterocycles. The molecule has 5 rings (SSSR count). The van der Waals surface area contributed by atoms with Gasteiger partial charge in [-0.1, -0.05) is 18.3 Å². The van der Waals surface area contributed by atoms with Crippen molar-refractivity contribution in [1.29, 1.82) is 0 Å². The molecule has 29 heavy (non-hydrogen) atoms. The van der Waals surface area contributed by atoms with Gasteiger partial charge in [0.05, 0.1) is 31.5 Å². The molecule has 0 bridgehead atoms. The normalized spacial score (nSPS) is 15.3. The first-order chi connectivity index (χ1) is 14.2. The van der Waals surface area contributed by atoms with E-state index in [4.69, 9.17) is 9.72 Å². The van der Waals surface area contributed by atoms with Crippen molar-refractivity contribution in [1.82, 2.24) is 14.9 Å². The number of carbonyl (C=O) groups excluding carboxylic acids is 1. The highest BCUT2D eigenvalue weighted by Gasteiger charge is 2.19. The molecule has 0 amide bonds. The molecule has 1 aliphatic rings. The average Bonchev–Trinajstić information content (AvgIpc) is 3.39. The van der Waals surface area contributed by atoms with E-state index in [-0.39, 0.29) is 5.97 Å². The van der Waals surface area contributed by atoms with Crippen molar-refractivity contribution < 1.29 is 9.53 Å². The highest BCUT2D eigenvalue weighted by Crippen LogP contribution is 2.32. The molecule has 0 unspecified atom stereocenters. The van der Waals surface area contributed by atoms with Gasteiger partial charge in [0.1, 0.15) is 5.75 Å². The molecule has 3 heterocycles. The Balaban J connectivity index is 1.33. The van der Waals surface area contributed by atoms with E-state index >= 15 is 0 Å². The minimum Gasteiger partial charge on any atom is -0.423 e. The van der Waals surface area contributed by atoms with Crippen LogP contribution in [-0.4, -0.2) is 53.6 Å². The number of aromatic nitrogens is 2. The van der Waals surface area contributed by atoms with Gasteiger partial charge in [-0.15, -0.1) is 11.3 Å². The molecule has 148 valence electrons. The maximum atomic E-state index is 12.6. The van der Waals surface area contributed by atoms with E-state index in [9.17, 15) is 4.79 Å². The Labute approximate surface area is 176 Å². The Hall–Kier alpha value is -2.55. The summed E-state index contributed by atoms with van der Waals surface area (Å²) in [7, 11) is 0. The molecule has 0 saturated carbocycles. The third-order valence-electron chi connectivity index (χ3n) is 5.22. The average molecular weight is 425 g/mol. The zero-order valence-corrected chi connectivity index (χ0v) is 17.6. The van der Waals surface area contributed by atoms with Crippen LogP contribution in [0, 0.1) is 0 Å². The quantitative estimate of drug-likeness (QED) is 0.360. The summed E-state index contributed by atoms with van der Waals surface area (Å²) >= 11 is 3.16. The van der Waals surface area contributed by atoms with Crippen LogP contribution in [0.2, 0.25) is 0 Å². The number of esters is 1. The van der Waals surface area contributed by atoms with Gasteiger partial charge in [0.2, 0.25) is 0 Å². The van der Waals surface area contributed by atoms with Crippen LogP contribution in [0.1, 0.15) is 17.3 Å². The highest BCUT2D eigenvalue weighted by atomic mass is 32.1. The first-order valence-corrected chi connectivity index (χ1v) is 11.3. The van der Waals surface area contributed by atoms with Crippen molar-refractivity contribution in [2.24, 2.45) is 0 Å². The smallest absolute Gasteiger partial charge is 0.343 e. The predicted octanol–water partition coefficient (Wildman–Crippen LogP) is 4.27. The van der Waals surface area contributed by atoms with Gasteiger partial charge in [0.15, 0.2) is 5.13 Å². The van der Waals surface area contributed by atoms with Crippen LogP contribution in [0.25, 0.3) is 20.4 Å². The van der Waals surface area contributed by atoms with Gasteiger partial charge in [0.25, 0.3) is 0 Å². The number of hydrogen-bond acceptors (Lipinski definition) is 8. The molecule has 1 saturated heterocycles. The van der Waals surface area contributed by atoms with Crippen LogP contribution in [0.4, 0.5) is 5.13 Å². The van der Waals surface area contributed by atoms with Gasteiger partial charge in [-0.2, -0.15) is 0 Å².